The largest absolute Gasteiger partial charge is 0.320 e. The summed E-state index contributed by atoms with van der Waals surface area (Å²) in [4.78, 5) is 11.3. The lowest BCUT2D eigenvalue weighted by molar-refractivity contribution is 0.0831. The van der Waals surface area contributed by atoms with Gasteiger partial charge in [-0.1, -0.05) is 23.2 Å². The molecular formula is C25H26Cl2FN7. The minimum atomic E-state index is -1.02. The maximum absolute atomic E-state index is 15.4. The van der Waals surface area contributed by atoms with E-state index in [-0.39, 0.29) is 11.8 Å². The molecule has 1 saturated heterocycles. The van der Waals surface area contributed by atoms with Crippen LogP contribution in [0, 0.1) is 17.2 Å². The predicted molar refractivity (Wildman–Crippen MR) is 134 cm³/mol. The van der Waals surface area contributed by atoms with Gasteiger partial charge in [0.15, 0.2) is 5.15 Å². The quantitative estimate of drug-likeness (QED) is 0.448. The van der Waals surface area contributed by atoms with Crippen molar-refractivity contribution in [1.82, 2.24) is 24.6 Å². The van der Waals surface area contributed by atoms with Crippen LogP contribution in [0.2, 0.25) is 10.2 Å². The summed E-state index contributed by atoms with van der Waals surface area (Å²) >= 11 is 13.1. The van der Waals surface area contributed by atoms with Gasteiger partial charge in [-0.3, -0.25) is 4.90 Å². The first kappa shape index (κ1) is 23.0. The molecule has 10 heteroatoms. The minimum absolute atomic E-state index is 0.103. The Labute approximate surface area is 213 Å². The molecule has 1 N–H and O–H groups in total. The van der Waals surface area contributed by atoms with Gasteiger partial charge in [0.05, 0.1) is 29.5 Å². The van der Waals surface area contributed by atoms with E-state index in [1.54, 1.807) is 12.4 Å². The summed E-state index contributed by atoms with van der Waals surface area (Å²) < 4.78 is 17.3. The van der Waals surface area contributed by atoms with Crippen LogP contribution in [0.5, 0.6) is 0 Å². The van der Waals surface area contributed by atoms with Crippen LogP contribution in [0.1, 0.15) is 56.0 Å². The van der Waals surface area contributed by atoms with E-state index < -0.39 is 6.17 Å². The molecule has 6 rings (SSSR count). The fourth-order valence-electron chi connectivity index (χ4n) is 5.55. The third kappa shape index (κ3) is 4.46. The van der Waals surface area contributed by atoms with Crippen LogP contribution in [0.4, 0.5) is 16.0 Å². The number of hydrogen-bond donors (Lipinski definition) is 1. The summed E-state index contributed by atoms with van der Waals surface area (Å²) in [6.45, 7) is 1.18. The first-order valence-corrected chi connectivity index (χ1v) is 13.0. The first-order valence-electron chi connectivity index (χ1n) is 12.2. The van der Waals surface area contributed by atoms with Gasteiger partial charge < -0.3 is 5.32 Å². The maximum Gasteiger partial charge on any atom is 0.227 e. The highest BCUT2D eigenvalue weighted by molar-refractivity contribution is 6.32. The van der Waals surface area contributed by atoms with Crippen LogP contribution in [0.3, 0.4) is 0 Å². The topological polar surface area (TPSA) is 82.7 Å². The fraction of sp³-hybridized carbons (Fsp3) is 0.520. The number of nitrogens with zero attached hydrogens (tertiary/aromatic N) is 6. The van der Waals surface area contributed by atoms with E-state index in [9.17, 15) is 5.26 Å². The second-order valence-electron chi connectivity index (χ2n) is 9.97. The number of anilines is 2. The molecule has 3 aromatic rings. The van der Waals surface area contributed by atoms with Gasteiger partial charge in [0.25, 0.3) is 0 Å². The summed E-state index contributed by atoms with van der Waals surface area (Å²) in [5.74, 6) is 0.225. The van der Waals surface area contributed by atoms with Crippen molar-refractivity contribution in [1.29, 1.82) is 5.26 Å². The van der Waals surface area contributed by atoms with Gasteiger partial charge >= 0.3 is 0 Å². The van der Waals surface area contributed by atoms with Crippen molar-refractivity contribution in [3.8, 4) is 6.07 Å². The van der Waals surface area contributed by atoms with Crippen molar-refractivity contribution in [3.63, 3.8) is 0 Å². The number of piperidine rings is 1. The van der Waals surface area contributed by atoms with Crippen LogP contribution in [-0.2, 0) is 0 Å². The molecule has 4 atom stereocenters. The summed E-state index contributed by atoms with van der Waals surface area (Å²) in [7, 11) is 0. The molecule has 1 aliphatic heterocycles. The summed E-state index contributed by atoms with van der Waals surface area (Å²) in [5.41, 5.74) is 2.15. The Morgan fingerprint density at radius 3 is 2.66 bits per heavy atom. The summed E-state index contributed by atoms with van der Waals surface area (Å²) in [5, 5.41) is 18.6. The van der Waals surface area contributed by atoms with Crippen molar-refractivity contribution < 1.29 is 4.39 Å². The number of fused-ring (bicyclic) bond motifs is 1. The molecule has 182 valence electrons. The van der Waals surface area contributed by atoms with E-state index in [1.807, 2.05) is 16.8 Å². The minimum Gasteiger partial charge on any atom is -0.320 e. The van der Waals surface area contributed by atoms with Crippen molar-refractivity contribution in [3.05, 3.63) is 40.3 Å². The fourth-order valence-corrected chi connectivity index (χ4v) is 6.14. The van der Waals surface area contributed by atoms with Crippen molar-refractivity contribution in [2.24, 2.45) is 5.92 Å². The normalized spacial score (nSPS) is 27.3. The molecule has 2 aliphatic carbocycles. The molecule has 0 amide bonds. The number of likely N-dealkylation sites (tertiary alicyclic amines) is 1. The zero-order valence-electron chi connectivity index (χ0n) is 19.2. The highest BCUT2D eigenvalue weighted by atomic mass is 35.5. The molecule has 3 fully saturated rings. The van der Waals surface area contributed by atoms with Crippen molar-refractivity contribution in [2.75, 3.05) is 18.4 Å². The summed E-state index contributed by atoms with van der Waals surface area (Å²) in [6, 6.07) is 6.77. The zero-order valence-corrected chi connectivity index (χ0v) is 20.7. The van der Waals surface area contributed by atoms with Gasteiger partial charge in [-0.05, 0) is 62.8 Å². The van der Waals surface area contributed by atoms with Crippen molar-refractivity contribution in [2.45, 2.75) is 62.7 Å². The number of benzene rings is 1. The van der Waals surface area contributed by atoms with E-state index in [0.29, 0.717) is 52.4 Å². The van der Waals surface area contributed by atoms with Gasteiger partial charge in [-0.25, -0.2) is 19.0 Å². The molecule has 0 radical (unpaired) electrons. The van der Waals surface area contributed by atoms with Crippen molar-refractivity contribution >= 4 is 45.7 Å². The number of rotatable bonds is 5. The Morgan fingerprint density at radius 2 is 1.91 bits per heavy atom. The van der Waals surface area contributed by atoms with Gasteiger partial charge in [0.2, 0.25) is 5.95 Å². The Kier molecular flexibility index (Phi) is 6.03. The van der Waals surface area contributed by atoms with Gasteiger partial charge in [0.1, 0.15) is 6.17 Å². The molecule has 2 aromatic heterocycles. The molecule has 7 nitrogen and oxygen atoms in total. The number of aromatic nitrogens is 4. The molecule has 0 bridgehead atoms. The van der Waals surface area contributed by atoms with Gasteiger partial charge in [-0.2, -0.15) is 10.4 Å². The average Bonchev–Trinajstić information content (AvgIpc) is 3.47. The molecule has 2 unspecified atom stereocenters. The Hall–Kier alpha value is -2.47. The second kappa shape index (κ2) is 9.20. The molecule has 1 aromatic carbocycles. The predicted octanol–water partition coefficient (Wildman–Crippen LogP) is 6.03. The van der Waals surface area contributed by atoms with E-state index in [1.165, 1.54) is 0 Å². The number of hydrogen-bond acceptors (Lipinski definition) is 6. The first-order chi connectivity index (χ1) is 17.0. The number of nitrogens with one attached hydrogen (secondary N) is 1. The molecule has 3 heterocycles. The Bertz CT molecular complexity index is 1300. The number of nitriles is 1. The van der Waals surface area contributed by atoms with Crippen LogP contribution >= 0.6 is 23.2 Å². The van der Waals surface area contributed by atoms with E-state index in [2.05, 4.69) is 31.4 Å². The van der Waals surface area contributed by atoms with Crippen LogP contribution in [0.25, 0.3) is 10.9 Å². The maximum atomic E-state index is 15.4. The summed E-state index contributed by atoms with van der Waals surface area (Å²) in [6.07, 6.45) is 7.98. The SMILES string of the molecule is N#CC1CCC(N2CC[C@H](c3cc4nc(Nc5cnn(C6CC6)c5Cl)ncc4cc3Cl)[C@@H](F)C2)C1. The van der Waals surface area contributed by atoms with E-state index in [0.717, 1.165) is 49.6 Å². The molecule has 0 spiro atoms. The third-order valence-electron chi connectivity index (χ3n) is 7.65. The average molecular weight is 514 g/mol. The van der Waals surface area contributed by atoms with Crippen LogP contribution < -0.4 is 5.32 Å². The van der Waals surface area contributed by atoms with Crippen LogP contribution in [0.15, 0.2) is 24.5 Å². The second-order valence-corrected chi connectivity index (χ2v) is 10.7. The number of halogens is 3. The highest BCUT2D eigenvalue weighted by Crippen LogP contribution is 2.40. The third-order valence-corrected chi connectivity index (χ3v) is 8.35. The van der Waals surface area contributed by atoms with E-state index in [4.69, 9.17) is 23.2 Å². The highest BCUT2D eigenvalue weighted by Gasteiger charge is 2.37. The smallest absolute Gasteiger partial charge is 0.227 e. The standard InChI is InChI=1S/C25H26Cl2FN7/c26-20-8-15-11-30-25(33-23-12-31-35(24(23)27)16-3-4-16)32-22(15)9-19(20)18-5-6-34(13-21(18)28)17-2-1-14(7-17)10-29/h8-9,11-12,14,16-18,21H,1-7,13H2,(H,30,32,33)/t14?,17?,18-,21+/m1/s1. The molecular weight excluding hydrogens is 488 g/mol. The van der Waals surface area contributed by atoms with Gasteiger partial charge in [0, 0.05) is 41.0 Å². The van der Waals surface area contributed by atoms with Crippen LogP contribution in [-0.4, -0.2) is 50.0 Å². The van der Waals surface area contributed by atoms with E-state index >= 15 is 4.39 Å². The lowest BCUT2D eigenvalue weighted by Gasteiger charge is -2.38. The zero-order chi connectivity index (χ0) is 24.1. The monoisotopic (exact) mass is 513 g/mol. The molecule has 2 saturated carbocycles. The van der Waals surface area contributed by atoms with Gasteiger partial charge in [-0.15, -0.1) is 0 Å². The molecule has 3 aliphatic rings. The lowest BCUT2D eigenvalue weighted by atomic mass is 9.86. The number of alkyl halides is 1. The Balaban J connectivity index is 1.21. The Morgan fingerprint density at radius 1 is 1.09 bits per heavy atom. The molecule has 35 heavy (non-hydrogen) atoms. The lowest BCUT2D eigenvalue weighted by Crippen LogP contribution is -2.45.